The molecule has 12 heavy (non-hydrogen) atoms. The molecular formula is C9H16N2O. The molecule has 0 aromatic carbocycles. The van der Waals surface area contributed by atoms with Crippen molar-refractivity contribution in [2.45, 2.75) is 37.8 Å². The van der Waals surface area contributed by atoms with Crippen LogP contribution in [0.15, 0.2) is 17.6 Å². The van der Waals surface area contributed by atoms with E-state index in [4.69, 9.17) is 5.73 Å². The first-order valence-electron chi connectivity index (χ1n) is 4.36. The third-order valence-electron chi connectivity index (χ3n) is 2.21. The van der Waals surface area contributed by atoms with Crippen molar-refractivity contribution in [2.24, 2.45) is 10.7 Å². The van der Waals surface area contributed by atoms with Crippen molar-refractivity contribution in [2.75, 3.05) is 0 Å². The maximum atomic E-state index is 9.22. The SMILES string of the molecule is C=CC(N)=NC1CCC(O)CC1. The summed E-state index contributed by atoms with van der Waals surface area (Å²) in [6.07, 6.45) is 5.01. The highest BCUT2D eigenvalue weighted by molar-refractivity contribution is 5.90. The molecule has 3 N–H and O–H groups in total. The smallest absolute Gasteiger partial charge is 0.117 e. The van der Waals surface area contributed by atoms with Crippen molar-refractivity contribution in [3.63, 3.8) is 0 Å². The Labute approximate surface area is 73.0 Å². The lowest BCUT2D eigenvalue weighted by Crippen LogP contribution is -2.23. The van der Waals surface area contributed by atoms with Crippen LogP contribution in [0.25, 0.3) is 0 Å². The van der Waals surface area contributed by atoms with Gasteiger partial charge in [-0.3, -0.25) is 4.99 Å². The minimum absolute atomic E-state index is 0.124. The summed E-state index contributed by atoms with van der Waals surface area (Å²) < 4.78 is 0. The number of hydrogen-bond donors (Lipinski definition) is 2. The molecule has 0 spiro atoms. The zero-order valence-corrected chi connectivity index (χ0v) is 7.24. The Morgan fingerprint density at radius 1 is 1.42 bits per heavy atom. The topological polar surface area (TPSA) is 58.6 Å². The van der Waals surface area contributed by atoms with E-state index in [1.807, 2.05) is 0 Å². The molecule has 1 rings (SSSR count). The van der Waals surface area contributed by atoms with Gasteiger partial charge >= 0.3 is 0 Å². The molecule has 0 amide bonds. The van der Waals surface area contributed by atoms with Crippen LogP contribution >= 0.6 is 0 Å². The minimum Gasteiger partial charge on any atom is -0.393 e. The maximum absolute atomic E-state index is 9.22. The van der Waals surface area contributed by atoms with Gasteiger partial charge in [-0.2, -0.15) is 0 Å². The Hall–Kier alpha value is -0.830. The van der Waals surface area contributed by atoms with E-state index in [1.165, 1.54) is 0 Å². The van der Waals surface area contributed by atoms with E-state index in [9.17, 15) is 5.11 Å². The van der Waals surface area contributed by atoms with Crippen molar-refractivity contribution in [3.05, 3.63) is 12.7 Å². The van der Waals surface area contributed by atoms with Gasteiger partial charge in [-0.25, -0.2) is 0 Å². The molecule has 0 atom stereocenters. The van der Waals surface area contributed by atoms with Gasteiger partial charge in [-0.1, -0.05) is 6.58 Å². The molecule has 68 valence electrons. The second kappa shape index (κ2) is 4.26. The fourth-order valence-corrected chi connectivity index (χ4v) is 1.45. The molecule has 1 aliphatic carbocycles. The second-order valence-electron chi connectivity index (χ2n) is 3.22. The summed E-state index contributed by atoms with van der Waals surface area (Å²) in [5.41, 5.74) is 5.51. The van der Waals surface area contributed by atoms with Crippen LogP contribution in [0.2, 0.25) is 0 Å². The predicted molar refractivity (Wildman–Crippen MR) is 50.1 cm³/mol. The van der Waals surface area contributed by atoms with E-state index in [1.54, 1.807) is 6.08 Å². The summed E-state index contributed by atoms with van der Waals surface area (Å²) in [6.45, 7) is 3.54. The summed E-state index contributed by atoms with van der Waals surface area (Å²) in [5, 5.41) is 9.22. The molecule has 0 aromatic rings. The predicted octanol–water partition coefficient (Wildman–Crippen LogP) is 0.833. The van der Waals surface area contributed by atoms with Crippen LogP contribution in [-0.4, -0.2) is 23.1 Å². The van der Waals surface area contributed by atoms with Crippen molar-refractivity contribution in [1.29, 1.82) is 0 Å². The van der Waals surface area contributed by atoms with Gasteiger partial charge in [-0.05, 0) is 31.8 Å². The van der Waals surface area contributed by atoms with Gasteiger partial charge in [-0.15, -0.1) is 0 Å². The fraction of sp³-hybridized carbons (Fsp3) is 0.667. The molecule has 0 heterocycles. The first-order valence-corrected chi connectivity index (χ1v) is 4.36. The minimum atomic E-state index is -0.124. The van der Waals surface area contributed by atoms with Gasteiger partial charge in [0.1, 0.15) is 5.84 Å². The molecule has 0 unspecified atom stereocenters. The van der Waals surface area contributed by atoms with Crippen LogP contribution in [0, 0.1) is 0 Å². The normalized spacial score (nSPS) is 31.6. The summed E-state index contributed by atoms with van der Waals surface area (Å²) in [6, 6.07) is 0.298. The molecular weight excluding hydrogens is 152 g/mol. The largest absolute Gasteiger partial charge is 0.393 e. The number of hydrogen-bond acceptors (Lipinski definition) is 2. The molecule has 1 fully saturated rings. The number of nitrogens with zero attached hydrogens (tertiary/aromatic N) is 1. The highest BCUT2D eigenvalue weighted by Crippen LogP contribution is 2.20. The van der Waals surface area contributed by atoms with Gasteiger partial charge in [0.05, 0.1) is 12.1 Å². The van der Waals surface area contributed by atoms with E-state index in [2.05, 4.69) is 11.6 Å². The first kappa shape index (κ1) is 9.26. The maximum Gasteiger partial charge on any atom is 0.117 e. The number of amidine groups is 1. The number of rotatable bonds is 2. The highest BCUT2D eigenvalue weighted by atomic mass is 16.3. The average molecular weight is 168 g/mol. The van der Waals surface area contributed by atoms with Crippen molar-refractivity contribution in [1.82, 2.24) is 0 Å². The lowest BCUT2D eigenvalue weighted by Gasteiger charge is -2.22. The standard InChI is InChI=1S/C9H16N2O/c1-2-9(10)11-7-3-5-8(12)6-4-7/h2,7-8,12H,1,3-6H2,(H2,10,11). The van der Waals surface area contributed by atoms with Gasteiger partial charge in [0.2, 0.25) is 0 Å². The highest BCUT2D eigenvalue weighted by Gasteiger charge is 2.18. The van der Waals surface area contributed by atoms with Crippen LogP contribution < -0.4 is 5.73 Å². The third kappa shape index (κ3) is 2.66. The molecule has 1 saturated carbocycles. The van der Waals surface area contributed by atoms with Crippen molar-refractivity contribution >= 4 is 5.84 Å². The lowest BCUT2D eigenvalue weighted by atomic mass is 9.93. The average Bonchev–Trinajstić information content (AvgIpc) is 2.09. The second-order valence-corrected chi connectivity index (χ2v) is 3.22. The molecule has 0 aromatic heterocycles. The Morgan fingerprint density at radius 2 is 2.00 bits per heavy atom. The number of aliphatic hydroxyl groups is 1. The van der Waals surface area contributed by atoms with Crippen LogP contribution in [0.5, 0.6) is 0 Å². The lowest BCUT2D eigenvalue weighted by molar-refractivity contribution is 0.123. The van der Waals surface area contributed by atoms with Gasteiger partial charge < -0.3 is 10.8 Å². The molecule has 1 aliphatic rings. The molecule has 3 nitrogen and oxygen atoms in total. The zero-order chi connectivity index (χ0) is 8.97. The third-order valence-corrected chi connectivity index (χ3v) is 2.21. The van der Waals surface area contributed by atoms with E-state index in [0.717, 1.165) is 25.7 Å². The number of aliphatic hydroxyl groups excluding tert-OH is 1. The van der Waals surface area contributed by atoms with Crippen LogP contribution in [0.1, 0.15) is 25.7 Å². The van der Waals surface area contributed by atoms with E-state index in [0.29, 0.717) is 11.9 Å². The first-order chi connectivity index (χ1) is 5.72. The van der Waals surface area contributed by atoms with Crippen molar-refractivity contribution < 1.29 is 5.11 Å². The molecule has 0 bridgehead atoms. The Bertz CT molecular complexity index is 181. The molecule has 0 saturated heterocycles. The molecule has 0 aliphatic heterocycles. The molecule has 3 heteroatoms. The summed E-state index contributed by atoms with van der Waals surface area (Å²) >= 11 is 0. The Kier molecular flexibility index (Phi) is 3.29. The van der Waals surface area contributed by atoms with Crippen molar-refractivity contribution in [3.8, 4) is 0 Å². The van der Waals surface area contributed by atoms with Crippen LogP contribution in [0.3, 0.4) is 0 Å². The number of aliphatic imine (C=N–C) groups is 1. The van der Waals surface area contributed by atoms with E-state index in [-0.39, 0.29) is 6.10 Å². The summed E-state index contributed by atoms with van der Waals surface area (Å²) in [7, 11) is 0. The summed E-state index contributed by atoms with van der Waals surface area (Å²) in [5.74, 6) is 0.511. The zero-order valence-electron chi connectivity index (χ0n) is 7.24. The van der Waals surface area contributed by atoms with Crippen LogP contribution in [-0.2, 0) is 0 Å². The Morgan fingerprint density at radius 3 is 2.50 bits per heavy atom. The Balaban J connectivity index is 2.40. The summed E-state index contributed by atoms with van der Waals surface area (Å²) in [4.78, 5) is 4.25. The van der Waals surface area contributed by atoms with Gasteiger partial charge in [0.15, 0.2) is 0 Å². The quantitative estimate of drug-likeness (QED) is 0.474. The van der Waals surface area contributed by atoms with E-state index < -0.39 is 0 Å². The van der Waals surface area contributed by atoms with Gasteiger partial charge in [0.25, 0.3) is 0 Å². The molecule has 0 radical (unpaired) electrons. The van der Waals surface area contributed by atoms with Crippen LogP contribution in [0.4, 0.5) is 0 Å². The number of nitrogens with two attached hydrogens (primary N) is 1. The van der Waals surface area contributed by atoms with Gasteiger partial charge in [0, 0.05) is 0 Å². The fourth-order valence-electron chi connectivity index (χ4n) is 1.45. The monoisotopic (exact) mass is 168 g/mol. The van der Waals surface area contributed by atoms with E-state index >= 15 is 0 Å².